The number of ether oxygens (including phenoxy) is 2. The van der Waals surface area contributed by atoms with Crippen LogP contribution in [0, 0.1) is 6.92 Å². The monoisotopic (exact) mass is 307 g/mol. The molecule has 0 unspecified atom stereocenters. The van der Waals surface area contributed by atoms with Crippen LogP contribution in [-0.4, -0.2) is 59.1 Å². The SMILES string of the molecule is CO[C@@H]1CC[C@@]2(OC)CCN(C(=O)c3cc(C)nn3C)[C@H]2C1. The summed E-state index contributed by atoms with van der Waals surface area (Å²) >= 11 is 0. The smallest absolute Gasteiger partial charge is 0.272 e. The van der Waals surface area contributed by atoms with E-state index in [1.165, 1.54) is 0 Å². The minimum absolute atomic E-state index is 0.0452. The summed E-state index contributed by atoms with van der Waals surface area (Å²) in [5, 5.41) is 4.29. The molecule has 0 radical (unpaired) electrons. The number of aromatic nitrogens is 2. The normalized spacial score (nSPS) is 31.4. The van der Waals surface area contributed by atoms with E-state index in [-0.39, 0.29) is 23.7 Å². The van der Waals surface area contributed by atoms with E-state index in [2.05, 4.69) is 5.10 Å². The van der Waals surface area contributed by atoms with Crippen LogP contribution < -0.4 is 0 Å². The Morgan fingerprint density at radius 3 is 2.77 bits per heavy atom. The predicted octanol–water partition coefficient (Wildman–Crippen LogP) is 1.53. The van der Waals surface area contributed by atoms with Crippen molar-refractivity contribution in [2.75, 3.05) is 20.8 Å². The van der Waals surface area contributed by atoms with E-state index in [1.807, 2.05) is 24.9 Å². The van der Waals surface area contributed by atoms with Crippen molar-refractivity contribution in [3.8, 4) is 0 Å². The van der Waals surface area contributed by atoms with Crippen molar-refractivity contribution >= 4 is 5.91 Å². The Morgan fingerprint density at radius 2 is 2.18 bits per heavy atom. The zero-order chi connectivity index (χ0) is 15.9. The second-order valence-corrected chi connectivity index (χ2v) is 6.46. The van der Waals surface area contributed by atoms with Crippen LogP contribution in [-0.2, 0) is 16.5 Å². The molecule has 1 aliphatic heterocycles. The van der Waals surface area contributed by atoms with Gasteiger partial charge in [0.05, 0.1) is 23.4 Å². The summed E-state index contributed by atoms with van der Waals surface area (Å²) in [7, 11) is 5.33. The predicted molar refractivity (Wildman–Crippen MR) is 81.8 cm³/mol. The zero-order valence-corrected chi connectivity index (χ0v) is 13.8. The first-order valence-electron chi connectivity index (χ1n) is 7.90. The first-order chi connectivity index (χ1) is 10.5. The third-order valence-electron chi connectivity index (χ3n) is 5.36. The van der Waals surface area contributed by atoms with E-state index in [4.69, 9.17) is 9.47 Å². The Hall–Kier alpha value is -1.40. The van der Waals surface area contributed by atoms with Crippen LogP contribution in [0.4, 0.5) is 0 Å². The number of aryl methyl sites for hydroxylation is 2. The fraction of sp³-hybridized carbons (Fsp3) is 0.750. The third-order valence-corrected chi connectivity index (χ3v) is 5.36. The number of fused-ring (bicyclic) bond motifs is 1. The molecule has 2 aliphatic rings. The van der Waals surface area contributed by atoms with Gasteiger partial charge in [0.15, 0.2) is 0 Å². The molecule has 0 spiro atoms. The topological polar surface area (TPSA) is 56.6 Å². The average Bonchev–Trinajstić information content (AvgIpc) is 3.06. The van der Waals surface area contributed by atoms with Gasteiger partial charge < -0.3 is 14.4 Å². The van der Waals surface area contributed by atoms with Crippen molar-refractivity contribution in [2.45, 2.75) is 50.4 Å². The van der Waals surface area contributed by atoms with Gasteiger partial charge in [-0.3, -0.25) is 9.48 Å². The van der Waals surface area contributed by atoms with E-state index in [1.54, 1.807) is 18.9 Å². The molecule has 0 bridgehead atoms. The van der Waals surface area contributed by atoms with Crippen molar-refractivity contribution in [3.05, 3.63) is 17.5 Å². The average molecular weight is 307 g/mol. The molecule has 122 valence electrons. The summed E-state index contributed by atoms with van der Waals surface area (Å²) in [4.78, 5) is 14.9. The van der Waals surface area contributed by atoms with Gasteiger partial charge in [0.25, 0.3) is 5.91 Å². The lowest BCUT2D eigenvalue weighted by molar-refractivity contribution is -0.0894. The lowest BCUT2D eigenvalue weighted by Gasteiger charge is -2.43. The Bertz CT molecular complexity index is 571. The molecule has 6 heteroatoms. The van der Waals surface area contributed by atoms with E-state index in [9.17, 15) is 4.79 Å². The lowest BCUT2D eigenvalue weighted by Crippen LogP contribution is -2.53. The van der Waals surface area contributed by atoms with Crippen molar-refractivity contribution < 1.29 is 14.3 Å². The number of methoxy groups -OCH3 is 2. The lowest BCUT2D eigenvalue weighted by atomic mass is 9.79. The van der Waals surface area contributed by atoms with E-state index in [0.717, 1.165) is 37.9 Å². The van der Waals surface area contributed by atoms with Gasteiger partial charge in [0.1, 0.15) is 5.69 Å². The largest absolute Gasteiger partial charge is 0.381 e. The summed E-state index contributed by atoms with van der Waals surface area (Å²) in [6, 6.07) is 1.94. The molecule has 3 rings (SSSR count). The molecule has 3 atom stereocenters. The van der Waals surface area contributed by atoms with E-state index in [0.29, 0.717) is 5.69 Å². The van der Waals surface area contributed by atoms with Gasteiger partial charge in [-0.2, -0.15) is 5.10 Å². The van der Waals surface area contributed by atoms with Gasteiger partial charge in [0, 0.05) is 27.8 Å². The minimum atomic E-state index is -0.210. The number of hydrogen-bond acceptors (Lipinski definition) is 4. The molecular formula is C16H25N3O3. The fourth-order valence-corrected chi connectivity index (χ4v) is 4.08. The number of likely N-dealkylation sites (tertiary alicyclic amines) is 1. The molecule has 1 aromatic rings. The molecule has 2 heterocycles. The van der Waals surface area contributed by atoms with Crippen LogP contribution in [0.1, 0.15) is 41.9 Å². The molecule has 0 aromatic carbocycles. The highest BCUT2D eigenvalue weighted by Gasteiger charge is 2.52. The molecule has 22 heavy (non-hydrogen) atoms. The highest BCUT2D eigenvalue weighted by Crippen LogP contribution is 2.43. The van der Waals surface area contributed by atoms with Gasteiger partial charge in [-0.05, 0) is 38.7 Å². The molecular weight excluding hydrogens is 282 g/mol. The summed E-state index contributed by atoms with van der Waals surface area (Å²) in [6.45, 7) is 2.64. The summed E-state index contributed by atoms with van der Waals surface area (Å²) in [5.74, 6) is 0.0452. The minimum Gasteiger partial charge on any atom is -0.381 e. The van der Waals surface area contributed by atoms with Crippen molar-refractivity contribution in [2.24, 2.45) is 7.05 Å². The molecule has 1 aliphatic carbocycles. The Balaban J connectivity index is 1.87. The first kappa shape index (κ1) is 15.5. The summed E-state index contributed by atoms with van der Waals surface area (Å²) in [5.41, 5.74) is 1.30. The second kappa shape index (κ2) is 5.66. The molecule has 0 N–H and O–H groups in total. The van der Waals surface area contributed by atoms with Crippen LogP contribution in [0.5, 0.6) is 0 Å². The number of nitrogens with zero attached hydrogens (tertiary/aromatic N) is 3. The number of rotatable bonds is 3. The quantitative estimate of drug-likeness (QED) is 0.850. The highest BCUT2D eigenvalue weighted by molar-refractivity contribution is 5.93. The van der Waals surface area contributed by atoms with Gasteiger partial charge in [-0.25, -0.2) is 0 Å². The van der Waals surface area contributed by atoms with Crippen molar-refractivity contribution in [3.63, 3.8) is 0 Å². The first-order valence-corrected chi connectivity index (χ1v) is 7.90. The molecule has 1 saturated carbocycles. The second-order valence-electron chi connectivity index (χ2n) is 6.46. The summed E-state index contributed by atoms with van der Waals surface area (Å²) < 4.78 is 13.1. The maximum atomic E-state index is 13.0. The number of carbonyl (C=O) groups excluding carboxylic acids is 1. The fourth-order valence-electron chi connectivity index (χ4n) is 4.08. The maximum Gasteiger partial charge on any atom is 0.272 e. The molecule has 1 amide bonds. The molecule has 1 saturated heterocycles. The maximum absolute atomic E-state index is 13.0. The Morgan fingerprint density at radius 1 is 1.41 bits per heavy atom. The van der Waals surface area contributed by atoms with Crippen molar-refractivity contribution in [1.29, 1.82) is 0 Å². The van der Waals surface area contributed by atoms with Crippen LogP contribution in [0.15, 0.2) is 6.07 Å². The van der Waals surface area contributed by atoms with Crippen LogP contribution in [0.3, 0.4) is 0 Å². The van der Waals surface area contributed by atoms with Gasteiger partial charge >= 0.3 is 0 Å². The van der Waals surface area contributed by atoms with Crippen LogP contribution in [0.25, 0.3) is 0 Å². The number of amides is 1. The number of carbonyl (C=O) groups is 1. The highest BCUT2D eigenvalue weighted by atomic mass is 16.5. The van der Waals surface area contributed by atoms with Gasteiger partial charge in [-0.1, -0.05) is 0 Å². The van der Waals surface area contributed by atoms with Crippen molar-refractivity contribution in [1.82, 2.24) is 14.7 Å². The Kier molecular flexibility index (Phi) is 3.99. The Labute approximate surface area is 131 Å². The van der Waals surface area contributed by atoms with E-state index < -0.39 is 0 Å². The molecule has 6 nitrogen and oxygen atoms in total. The zero-order valence-electron chi connectivity index (χ0n) is 13.8. The number of hydrogen-bond donors (Lipinski definition) is 0. The standard InChI is InChI=1S/C16H25N3O3/c1-11-9-13(18(2)17-11)15(20)19-8-7-16(22-4)6-5-12(21-3)10-14(16)19/h9,12,14H,5-8,10H2,1-4H3/t12-,14+,16-/m1/s1. The van der Waals surface area contributed by atoms with Gasteiger partial charge in [0.2, 0.25) is 0 Å². The molecule has 2 fully saturated rings. The molecule has 1 aromatic heterocycles. The van der Waals surface area contributed by atoms with E-state index >= 15 is 0 Å². The van der Waals surface area contributed by atoms with Crippen LogP contribution >= 0.6 is 0 Å². The summed E-state index contributed by atoms with van der Waals surface area (Å²) in [6.07, 6.45) is 3.88. The van der Waals surface area contributed by atoms with Gasteiger partial charge in [-0.15, -0.1) is 0 Å². The third kappa shape index (κ3) is 2.34. The van der Waals surface area contributed by atoms with Crippen LogP contribution in [0.2, 0.25) is 0 Å².